The Hall–Kier alpha value is -2.41. The number of hydrogen-bond acceptors (Lipinski definition) is 0. The summed E-state index contributed by atoms with van der Waals surface area (Å²) < 4.78 is 2.61. The lowest BCUT2D eigenvalue weighted by molar-refractivity contribution is -0.755. The second kappa shape index (κ2) is 8.32. The van der Waals surface area contributed by atoms with E-state index < -0.39 is 0 Å². The van der Waals surface area contributed by atoms with Gasteiger partial charge in [-0.15, -0.1) is 0 Å². The minimum absolute atomic E-state index is 0.00393. The molecule has 0 saturated heterocycles. The van der Waals surface area contributed by atoms with Crippen molar-refractivity contribution < 1.29 is 4.57 Å². The number of unbranched alkanes of at least 4 members (excludes halogenated alkanes) is 1. The van der Waals surface area contributed by atoms with Gasteiger partial charge >= 0.3 is 0 Å². The zero-order valence-corrected chi connectivity index (χ0v) is 22.2. The molecule has 1 fully saturated rings. The topological polar surface area (TPSA) is 3.88 Å². The Morgan fingerprint density at radius 2 is 1.80 bits per heavy atom. The van der Waals surface area contributed by atoms with Crippen molar-refractivity contribution in [2.24, 2.45) is 5.92 Å². The van der Waals surface area contributed by atoms with Crippen LogP contribution in [0, 0.1) is 5.92 Å². The number of nitrogens with zero attached hydrogens (tertiary/aromatic N) is 1. The minimum Gasteiger partial charge on any atom is -0.188 e. The van der Waals surface area contributed by atoms with E-state index in [1.807, 2.05) is 0 Å². The Kier molecular flexibility index (Phi) is 5.47. The predicted octanol–water partition coefficient (Wildman–Crippen LogP) is 8.94. The third-order valence-electron chi connectivity index (χ3n) is 10.6. The van der Waals surface area contributed by atoms with Gasteiger partial charge in [-0.25, -0.2) is 0 Å². The Labute approximate surface area is 212 Å². The molecule has 0 radical (unpaired) electrons. The van der Waals surface area contributed by atoms with Gasteiger partial charge in [0.2, 0.25) is 5.69 Å². The summed E-state index contributed by atoms with van der Waals surface area (Å²) in [6.07, 6.45) is 15.2. The summed E-state index contributed by atoms with van der Waals surface area (Å²) in [5.41, 5.74) is 7.42. The first-order valence-corrected chi connectivity index (χ1v) is 14.3. The quantitative estimate of drug-likeness (QED) is 0.253. The first-order chi connectivity index (χ1) is 17.0. The van der Waals surface area contributed by atoms with E-state index in [4.69, 9.17) is 0 Å². The highest BCUT2D eigenvalue weighted by Gasteiger charge is 2.57. The van der Waals surface area contributed by atoms with Crippen LogP contribution in [0.5, 0.6) is 0 Å². The van der Waals surface area contributed by atoms with Gasteiger partial charge in [0, 0.05) is 17.9 Å². The van der Waals surface area contributed by atoms with E-state index in [0.717, 1.165) is 30.6 Å². The van der Waals surface area contributed by atoms with Crippen LogP contribution in [0.25, 0.3) is 22.0 Å². The van der Waals surface area contributed by atoms with Crippen LogP contribution in [-0.2, 0) is 11.0 Å². The van der Waals surface area contributed by atoms with Gasteiger partial charge in [-0.05, 0) is 97.1 Å². The van der Waals surface area contributed by atoms with Crippen molar-refractivity contribution in [1.82, 2.24) is 0 Å². The number of hydrogen-bond donors (Lipinski definition) is 0. The summed E-state index contributed by atoms with van der Waals surface area (Å²) in [6.45, 7) is 13.9. The molecule has 1 aliphatic heterocycles. The van der Waals surface area contributed by atoms with Gasteiger partial charge in [-0.1, -0.05) is 64.5 Å². The number of aromatic nitrogens is 1. The molecular weight excluding hydrogens is 422 g/mol. The van der Waals surface area contributed by atoms with Gasteiger partial charge < -0.3 is 0 Å². The lowest BCUT2D eigenvalue weighted by Gasteiger charge is -2.46. The summed E-state index contributed by atoms with van der Waals surface area (Å²) in [5.74, 6) is 2.43. The third kappa shape index (κ3) is 3.03. The molecule has 0 amide bonds. The van der Waals surface area contributed by atoms with E-state index >= 15 is 0 Å². The molecule has 2 heterocycles. The molecule has 3 aliphatic carbocycles. The monoisotopic (exact) mass is 464 g/mol. The molecule has 0 N–H and O–H groups in total. The third-order valence-corrected chi connectivity index (χ3v) is 10.6. The van der Waals surface area contributed by atoms with Crippen molar-refractivity contribution in [2.45, 2.75) is 102 Å². The standard InChI is InChI=1S/C34H42N/c1-6-10-13-23-18-24-16-17-27(23)30-20-26-22-35-32(21-25(26)19-29(24)30)28-14-11-12-15-31(28)33(5,7-2)34(35,8-3)9-4/h8,11-12,14-15,19-24,27H,3,6-7,9-10,13,16-18H2,1-2,4-5H3/q+1. The molecule has 0 spiro atoms. The largest absolute Gasteiger partial charge is 0.214 e. The fraction of sp³-hybridized carbons (Fsp3) is 0.500. The van der Waals surface area contributed by atoms with E-state index in [0.29, 0.717) is 0 Å². The maximum absolute atomic E-state index is 4.44. The molecule has 4 aliphatic rings. The molecule has 2 bridgehead atoms. The highest BCUT2D eigenvalue weighted by molar-refractivity contribution is 5.87. The van der Waals surface area contributed by atoms with E-state index in [2.05, 4.69) is 93.6 Å². The van der Waals surface area contributed by atoms with Crippen LogP contribution >= 0.6 is 0 Å². The highest BCUT2D eigenvalue weighted by atomic mass is 15.1. The molecule has 5 atom stereocenters. The van der Waals surface area contributed by atoms with Crippen LogP contribution < -0.4 is 4.57 Å². The number of benzene rings is 2. The van der Waals surface area contributed by atoms with Gasteiger partial charge in [0.15, 0.2) is 11.7 Å². The zero-order valence-electron chi connectivity index (χ0n) is 22.2. The summed E-state index contributed by atoms with van der Waals surface area (Å²) in [7, 11) is 0. The van der Waals surface area contributed by atoms with Crippen LogP contribution in [-0.4, -0.2) is 0 Å². The van der Waals surface area contributed by atoms with E-state index in [1.54, 1.807) is 11.1 Å². The Morgan fingerprint density at radius 1 is 1.00 bits per heavy atom. The van der Waals surface area contributed by atoms with Gasteiger partial charge in [-0.2, -0.15) is 4.57 Å². The molecule has 35 heavy (non-hydrogen) atoms. The van der Waals surface area contributed by atoms with Gasteiger partial charge in [0.05, 0.1) is 11.0 Å². The maximum atomic E-state index is 4.44. The highest BCUT2D eigenvalue weighted by Crippen LogP contribution is 2.55. The summed E-state index contributed by atoms with van der Waals surface area (Å²) in [5, 5.41) is 2.82. The second-order valence-electron chi connectivity index (χ2n) is 11.9. The smallest absolute Gasteiger partial charge is 0.188 e. The SMILES string of the molecule is C=CC1(CC)[n+]2cc3cc4c(cc3cc2-c2ccccc2C1(C)CC)C1CCC4C(CCCC)C1. The van der Waals surface area contributed by atoms with Gasteiger partial charge in [-0.3, -0.25) is 0 Å². The van der Waals surface area contributed by atoms with Crippen molar-refractivity contribution in [1.29, 1.82) is 0 Å². The molecule has 1 saturated carbocycles. The Balaban J connectivity index is 1.59. The second-order valence-corrected chi connectivity index (χ2v) is 11.9. The molecule has 182 valence electrons. The number of allylic oxidation sites excluding steroid dienone is 1. The Bertz CT molecular complexity index is 1300. The lowest BCUT2D eigenvalue weighted by atomic mass is 9.59. The average molecular weight is 465 g/mol. The van der Waals surface area contributed by atoms with Crippen LogP contribution in [0.2, 0.25) is 0 Å². The number of fused-ring (bicyclic) bond motifs is 6. The molecule has 1 heteroatoms. The average Bonchev–Trinajstić information content (AvgIpc) is 2.91. The van der Waals surface area contributed by atoms with Crippen molar-refractivity contribution in [3.8, 4) is 11.3 Å². The van der Waals surface area contributed by atoms with Crippen LogP contribution in [0.4, 0.5) is 0 Å². The van der Waals surface area contributed by atoms with E-state index in [1.165, 1.54) is 66.1 Å². The van der Waals surface area contributed by atoms with Crippen LogP contribution in [0.1, 0.15) is 108 Å². The minimum atomic E-state index is -0.141. The molecular formula is C34H42N+. The fourth-order valence-electron chi connectivity index (χ4n) is 8.50. The normalized spacial score (nSPS) is 30.6. The summed E-state index contributed by atoms with van der Waals surface area (Å²) >= 11 is 0. The van der Waals surface area contributed by atoms with Crippen LogP contribution in [0.15, 0.2) is 61.3 Å². The lowest BCUT2D eigenvalue weighted by Crippen LogP contribution is -2.68. The van der Waals surface area contributed by atoms with E-state index in [-0.39, 0.29) is 11.0 Å². The first kappa shape index (κ1) is 23.0. The van der Waals surface area contributed by atoms with Crippen molar-refractivity contribution in [3.05, 3.63) is 78.0 Å². The zero-order chi connectivity index (χ0) is 24.4. The van der Waals surface area contributed by atoms with E-state index in [9.17, 15) is 0 Å². The maximum Gasteiger partial charge on any atom is 0.214 e. The predicted molar refractivity (Wildman–Crippen MR) is 148 cm³/mol. The van der Waals surface area contributed by atoms with Crippen molar-refractivity contribution in [2.75, 3.05) is 0 Å². The van der Waals surface area contributed by atoms with Crippen molar-refractivity contribution in [3.63, 3.8) is 0 Å². The fourth-order valence-corrected chi connectivity index (χ4v) is 8.50. The first-order valence-electron chi connectivity index (χ1n) is 14.3. The summed E-state index contributed by atoms with van der Waals surface area (Å²) in [6, 6.07) is 16.8. The molecule has 1 aromatic heterocycles. The number of pyridine rings is 1. The van der Waals surface area contributed by atoms with Gasteiger partial charge in [0.25, 0.3) is 0 Å². The molecule has 1 nitrogen and oxygen atoms in total. The number of rotatable bonds is 6. The summed E-state index contributed by atoms with van der Waals surface area (Å²) in [4.78, 5) is 0. The van der Waals surface area contributed by atoms with Crippen LogP contribution in [0.3, 0.4) is 0 Å². The Morgan fingerprint density at radius 3 is 2.54 bits per heavy atom. The molecule has 2 aromatic carbocycles. The van der Waals surface area contributed by atoms with Gasteiger partial charge in [0.1, 0.15) is 0 Å². The molecule has 7 rings (SSSR count). The molecule has 3 aromatic rings. The molecule has 5 unspecified atom stereocenters. The van der Waals surface area contributed by atoms with Crippen molar-refractivity contribution >= 4 is 10.8 Å².